The van der Waals surface area contributed by atoms with E-state index in [0.29, 0.717) is 28.0 Å². The molecule has 0 saturated carbocycles. The van der Waals surface area contributed by atoms with Gasteiger partial charge in [-0.1, -0.05) is 24.3 Å². The summed E-state index contributed by atoms with van der Waals surface area (Å²) in [6.45, 7) is 5.45. The van der Waals surface area contributed by atoms with Gasteiger partial charge < -0.3 is 10.1 Å². The Morgan fingerprint density at radius 3 is 2.53 bits per heavy atom. The van der Waals surface area contributed by atoms with Crippen LogP contribution in [0.15, 0.2) is 78.2 Å². The third-order valence-electron chi connectivity index (χ3n) is 5.08. The fourth-order valence-corrected chi connectivity index (χ4v) is 4.26. The Labute approximate surface area is 214 Å². The van der Waals surface area contributed by atoms with Gasteiger partial charge in [-0.3, -0.25) is 9.69 Å². The van der Waals surface area contributed by atoms with E-state index < -0.39 is 11.7 Å². The van der Waals surface area contributed by atoms with Crippen molar-refractivity contribution in [2.45, 2.75) is 37.2 Å². The van der Waals surface area contributed by atoms with Gasteiger partial charge >= 0.3 is 6.09 Å². The molecule has 9 heteroatoms. The molecule has 0 aliphatic carbocycles. The molecule has 0 unspecified atom stereocenters. The maximum atomic E-state index is 13.0. The lowest BCUT2D eigenvalue weighted by Gasteiger charge is -2.24. The number of pyridine rings is 3. The SMILES string of the molecule is CN(C(=O)OC(C)(C)C)c1cc(CSc2ncccc2C(=O)Nc2cc3ccccc3cn2)ccn1. The van der Waals surface area contributed by atoms with Gasteiger partial charge in [0.25, 0.3) is 5.91 Å². The Hall–Kier alpha value is -3.98. The molecule has 0 saturated heterocycles. The number of ether oxygens (including phenoxy) is 1. The van der Waals surface area contributed by atoms with Crippen molar-refractivity contribution in [2.75, 3.05) is 17.3 Å². The van der Waals surface area contributed by atoms with E-state index in [1.165, 1.54) is 16.7 Å². The monoisotopic (exact) mass is 501 g/mol. The fraction of sp³-hybridized carbons (Fsp3) is 0.222. The third kappa shape index (κ3) is 6.37. The van der Waals surface area contributed by atoms with Gasteiger partial charge in [0.2, 0.25) is 0 Å². The van der Waals surface area contributed by atoms with Crippen LogP contribution < -0.4 is 10.2 Å². The minimum atomic E-state index is -0.600. The molecule has 2 amide bonds. The second-order valence-electron chi connectivity index (χ2n) is 9.08. The first-order valence-corrected chi connectivity index (χ1v) is 12.3. The minimum Gasteiger partial charge on any atom is -0.443 e. The van der Waals surface area contributed by atoms with Crippen molar-refractivity contribution in [1.29, 1.82) is 0 Å². The lowest BCUT2D eigenvalue weighted by Crippen LogP contribution is -2.34. The smallest absolute Gasteiger partial charge is 0.415 e. The number of fused-ring (bicyclic) bond motifs is 1. The molecule has 4 aromatic rings. The molecule has 0 aliphatic rings. The van der Waals surface area contributed by atoms with Crippen LogP contribution in [0.2, 0.25) is 0 Å². The van der Waals surface area contributed by atoms with Crippen LogP contribution in [-0.2, 0) is 10.5 Å². The van der Waals surface area contributed by atoms with Gasteiger partial charge in [0.05, 0.1) is 5.56 Å². The molecule has 0 aliphatic heterocycles. The van der Waals surface area contributed by atoms with Crippen LogP contribution in [0.3, 0.4) is 0 Å². The average molecular weight is 502 g/mol. The summed E-state index contributed by atoms with van der Waals surface area (Å²) in [6, 6.07) is 16.8. The third-order valence-corrected chi connectivity index (χ3v) is 6.16. The molecule has 36 heavy (non-hydrogen) atoms. The quantitative estimate of drug-likeness (QED) is 0.327. The predicted molar refractivity (Wildman–Crippen MR) is 142 cm³/mol. The van der Waals surface area contributed by atoms with Gasteiger partial charge in [0.1, 0.15) is 22.3 Å². The highest BCUT2D eigenvalue weighted by atomic mass is 32.2. The van der Waals surface area contributed by atoms with E-state index in [4.69, 9.17) is 4.74 Å². The Bertz CT molecular complexity index is 1400. The van der Waals surface area contributed by atoms with Crippen molar-refractivity contribution in [2.24, 2.45) is 0 Å². The van der Waals surface area contributed by atoms with Crippen molar-refractivity contribution in [3.8, 4) is 0 Å². The first kappa shape index (κ1) is 25.1. The van der Waals surface area contributed by atoms with Crippen LogP contribution in [0.5, 0.6) is 0 Å². The number of hydrogen-bond acceptors (Lipinski definition) is 7. The van der Waals surface area contributed by atoms with E-state index in [1.54, 1.807) is 37.8 Å². The number of carbonyl (C=O) groups excluding carboxylic acids is 2. The van der Waals surface area contributed by atoms with Crippen molar-refractivity contribution in [3.63, 3.8) is 0 Å². The molecular formula is C27H27N5O3S. The Balaban J connectivity index is 1.45. The number of carbonyl (C=O) groups is 2. The number of anilines is 2. The average Bonchev–Trinajstić information content (AvgIpc) is 2.86. The van der Waals surface area contributed by atoms with E-state index in [0.717, 1.165) is 16.3 Å². The molecule has 1 N–H and O–H groups in total. The summed E-state index contributed by atoms with van der Waals surface area (Å²) < 4.78 is 5.42. The summed E-state index contributed by atoms with van der Waals surface area (Å²) in [5, 5.41) is 5.46. The lowest BCUT2D eigenvalue weighted by molar-refractivity contribution is 0.0588. The van der Waals surface area contributed by atoms with Gasteiger partial charge in [0, 0.05) is 36.8 Å². The van der Waals surface area contributed by atoms with E-state index in [1.807, 2.05) is 63.2 Å². The summed E-state index contributed by atoms with van der Waals surface area (Å²) >= 11 is 1.43. The zero-order valence-electron chi connectivity index (χ0n) is 20.6. The first-order valence-electron chi connectivity index (χ1n) is 11.4. The van der Waals surface area contributed by atoms with E-state index in [2.05, 4.69) is 20.3 Å². The standard InChI is InChI=1S/C27H27N5O3S/c1-27(2,3)35-26(34)32(4)23-14-18(11-13-28-23)17-36-25-21(10-7-12-29-25)24(33)31-22-15-19-8-5-6-9-20(19)16-30-22/h5-16H,17H2,1-4H3,(H,30,31,33). The highest BCUT2D eigenvalue weighted by molar-refractivity contribution is 7.98. The number of hydrogen-bond donors (Lipinski definition) is 1. The molecule has 0 spiro atoms. The molecule has 0 fully saturated rings. The Kier molecular flexibility index (Phi) is 7.49. The highest BCUT2D eigenvalue weighted by Gasteiger charge is 2.21. The first-order chi connectivity index (χ1) is 17.2. The summed E-state index contributed by atoms with van der Waals surface area (Å²) in [6.07, 6.45) is 4.55. The Morgan fingerprint density at radius 1 is 0.972 bits per heavy atom. The van der Waals surface area contributed by atoms with Crippen LogP contribution in [0.1, 0.15) is 36.7 Å². The molecule has 184 valence electrons. The summed E-state index contributed by atoms with van der Waals surface area (Å²) in [5.74, 6) is 1.20. The fourth-order valence-electron chi connectivity index (χ4n) is 3.32. The molecule has 0 radical (unpaired) electrons. The van der Waals surface area contributed by atoms with Gasteiger partial charge in [0.15, 0.2) is 0 Å². The lowest BCUT2D eigenvalue weighted by atomic mass is 10.2. The Morgan fingerprint density at radius 2 is 1.75 bits per heavy atom. The molecular weight excluding hydrogens is 474 g/mol. The van der Waals surface area contributed by atoms with Crippen LogP contribution in [0.25, 0.3) is 10.8 Å². The molecule has 3 aromatic heterocycles. The van der Waals surface area contributed by atoms with Crippen LogP contribution in [-0.4, -0.2) is 39.6 Å². The van der Waals surface area contributed by atoms with Crippen LogP contribution >= 0.6 is 11.8 Å². The van der Waals surface area contributed by atoms with E-state index >= 15 is 0 Å². The molecule has 0 bridgehead atoms. The number of nitrogens with one attached hydrogen (secondary N) is 1. The minimum absolute atomic E-state index is 0.284. The summed E-state index contributed by atoms with van der Waals surface area (Å²) in [4.78, 5) is 39.9. The molecule has 1 aromatic carbocycles. The summed E-state index contributed by atoms with van der Waals surface area (Å²) in [7, 11) is 1.62. The van der Waals surface area contributed by atoms with Crippen molar-refractivity contribution in [3.05, 3.63) is 84.3 Å². The van der Waals surface area contributed by atoms with Crippen molar-refractivity contribution in [1.82, 2.24) is 15.0 Å². The van der Waals surface area contributed by atoms with Crippen LogP contribution in [0, 0.1) is 0 Å². The van der Waals surface area contributed by atoms with Gasteiger partial charge in [-0.25, -0.2) is 19.7 Å². The van der Waals surface area contributed by atoms with E-state index in [9.17, 15) is 9.59 Å². The van der Waals surface area contributed by atoms with Gasteiger partial charge in [-0.05, 0) is 62.1 Å². The number of aromatic nitrogens is 3. The number of amides is 2. The zero-order valence-corrected chi connectivity index (χ0v) is 21.4. The second-order valence-corrected chi connectivity index (χ2v) is 10.0. The molecule has 0 atom stereocenters. The van der Waals surface area contributed by atoms with Crippen molar-refractivity contribution >= 4 is 46.2 Å². The van der Waals surface area contributed by atoms with Crippen molar-refractivity contribution < 1.29 is 14.3 Å². The van der Waals surface area contributed by atoms with Gasteiger partial charge in [-0.2, -0.15) is 0 Å². The number of rotatable bonds is 6. The molecule has 4 rings (SSSR count). The number of nitrogens with zero attached hydrogens (tertiary/aromatic N) is 4. The van der Waals surface area contributed by atoms with Crippen LogP contribution in [0.4, 0.5) is 16.4 Å². The maximum absolute atomic E-state index is 13.0. The zero-order chi connectivity index (χ0) is 25.7. The maximum Gasteiger partial charge on any atom is 0.415 e. The highest BCUT2D eigenvalue weighted by Crippen LogP contribution is 2.26. The predicted octanol–water partition coefficient (Wildman–Crippen LogP) is 5.94. The largest absolute Gasteiger partial charge is 0.443 e. The van der Waals surface area contributed by atoms with Gasteiger partial charge in [-0.15, -0.1) is 11.8 Å². The molecule has 8 nitrogen and oxygen atoms in total. The normalized spacial score (nSPS) is 11.2. The topological polar surface area (TPSA) is 97.3 Å². The second kappa shape index (κ2) is 10.7. The van der Waals surface area contributed by atoms with E-state index in [-0.39, 0.29) is 5.91 Å². The summed E-state index contributed by atoms with van der Waals surface area (Å²) in [5.41, 5.74) is 0.781. The molecule has 3 heterocycles. The number of benzene rings is 1. The number of thioether (sulfide) groups is 1.